The molecule has 3 rings (SSSR count). The van der Waals surface area contributed by atoms with Crippen molar-refractivity contribution in [3.8, 4) is 0 Å². The van der Waals surface area contributed by atoms with E-state index in [9.17, 15) is 13.2 Å². The number of alkyl halides is 3. The van der Waals surface area contributed by atoms with Crippen molar-refractivity contribution in [1.29, 1.82) is 0 Å². The first-order chi connectivity index (χ1) is 10.5. The summed E-state index contributed by atoms with van der Waals surface area (Å²) in [5.74, 6) is 0.212. The lowest BCUT2D eigenvalue weighted by atomic mass is 10.2. The molecule has 120 valence electrons. The summed E-state index contributed by atoms with van der Waals surface area (Å²) >= 11 is 1.60. The maximum Gasteiger partial charge on any atom is 0.408 e. The van der Waals surface area contributed by atoms with Crippen LogP contribution in [0, 0.1) is 0 Å². The number of aromatic nitrogens is 4. The van der Waals surface area contributed by atoms with E-state index in [4.69, 9.17) is 4.74 Å². The van der Waals surface area contributed by atoms with Gasteiger partial charge in [-0.1, -0.05) is 6.07 Å². The first-order valence-electron chi connectivity index (χ1n) is 6.70. The van der Waals surface area contributed by atoms with Crippen molar-refractivity contribution in [2.75, 3.05) is 19.7 Å². The van der Waals surface area contributed by atoms with E-state index >= 15 is 0 Å². The van der Waals surface area contributed by atoms with Gasteiger partial charge in [0.05, 0.1) is 13.2 Å². The van der Waals surface area contributed by atoms with Gasteiger partial charge in [-0.25, -0.2) is 4.68 Å². The van der Waals surface area contributed by atoms with Gasteiger partial charge >= 0.3 is 6.18 Å². The van der Waals surface area contributed by atoms with Gasteiger partial charge in [-0.15, -0.1) is 16.4 Å². The highest BCUT2D eigenvalue weighted by Gasteiger charge is 2.31. The number of nitrogens with zero attached hydrogens (tertiary/aromatic N) is 5. The topological polar surface area (TPSA) is 56.1 Å². The van der Waals surface area contributed by atoms with Crippen molar-refractivity contribution in [3.63, 3.8) is 0 Å². The fraction of sp³-hybridized carbons (Fsp3) is 0.583. The molecule has 1 atom stereocenters. The second-order valence-corrected chi connectivity index (χ2v) is 5.96. The molecular weight excluding hydrogens is 319 g/mol. The van der Waals surface area contributed by atoms with Crippen LogP contribution in [0.1, 0.15) is 16.8 Å². The molecule has 0 saturated carbocycles. The summed E-state index contributed by atoms with van der Waals surface area (Å²) in [6.07, 6.45) is -4.39. The molecule has 1 fully saturated rings. The van der Waals surface area contributed by atoms with E-state index < -0.39 is 12.7 Å². The van der Waals surface area contributed by atoms with Gasteiger partial charge in [-0.3, -0.25) is 4.90 Å². The van der Waals surface area contributed by atoms with Gasteiger partial charge in [0, 0.05) is 18.0 Å². The lowest BCUT2D eigenvalue weighted by Gasteiger charge is -2.32. The van der Waals surface area contributed by atoms with Gasteiger partial charge in [0.1, 0.15) is 12.6 Å². The summed E-state index contributed by atoms with van der Waals surface area (Å²) in [5.41, 5.74) is 0. The Hall–Kier alpha value is -1.52. The van der Waals surface area contributed by atoms with Crippen molar-refractivity contribution in [2.45, 2.75) is 25.4 Å². The zero-order chi connectivity index (χ0) is 15.6. The summed E-state index contributed by atoms with van der Waals surface area (Å²) in [4.78, 5) is 3.12. The van der Waals surface area contributed by atoms with Crippen LogP contribution < -0.4 is 0 Å². The van der Waals surface area contributed by atoms with Crippen LogP contribution in [0.25, 0.3) is 0 Å². The molecule has 0 unspecified atom stereocenters. The molecule has 0 N–H and O–H groups in total. The molecule has 2 aromatic heterocycles. The fourth-order valence-electron chi connectivity index (χ4n) is 2.32. The maximum absolute atomic E-state index is 12.5. The van der Waals surface area contributed by atoms with E-state index in [0.29, 0.717) is 19.7 Å². The number of hydrogen-bond acceptors (Lipinski definition) is 6. The normalized spacial score (nSPS) is 20.4. The Kier molecular flexibility index (Phi) is 4.41. The van der Waals surface area contributed by atoms with Crippen LogP contribution in [0.5, 0.6) is 0 Å². The molecule has 6 nitrogen and oxygen atoms in total. The summed E-state index contributed by atoms with van der Waals surface area (Å²) in [7, 11) is 0. The number of rotatable bonds is 4. The highest BCUT2D eigenvalue weighted by molar-refractivity contribution is 7.10. The van der Waals surface area contributed by atoms with Crippen LogP contribution in [0.3, 0.4) is 0 Å². The summed E-state index contributed by atoms with van der Waals surface area (Å²) < 4.78 is 43.9. The van der Waals surface area contributed by atoms with Gasteiger partial charge in [-0.2, -0.15) is 13.2 Å². The average Bonchev–Trinajstić information content (AvgIpc) is 3.10. The molecule has 0 radical (unpaired) electrons. The fourth-order valence-corrected chi connectivity index (χ4v) is 3.09. The SMILES string of the molecule is FC(F)(F)Cn1nnnc1CN1CCO[C@@H](c2cccs2)C1. The number of tetrazole rings is 1. The van der Waals surface area contributed by atoms with Crippen LogP contribution in [0.4, 0.5) is 13.2 Å². The van der Waals surface area contributed by atoms with Crippen molar-refractivity contribution < 1.29 is 17.9 Å². The quantitative estimate of drug-likeness (QED) is 0.855. The molecular formula is C12H14F3N5OS. The van der Waals surface area contributed by atoms with Crippen LogP contribution in [0.15, 0.2) is 17.5 Å². The van der Waals surface area contributed by atoms with Crippen molar-refractivity contribution in [2.24, 2.45) is 0 Å². The summed E-state index contributed by atoms with van der Waals surface area (Å²) in [6, 6.07) is 3.94. The molecule has 0 aromatic carbocycles. The Morgan fingerprint density at radius 2 is 2.27 bits per heavy atom. The van der Waals surface area contributed by atoms with Gasteiger partial charge in [-0.05, 0) is 21.9 Å². The minimum absolute atomic E-state index is 0.0549. The second kappa shape index (κ2) is 6.31. The van der Waals surface area contributed by atoms with Gasteiger partial charge in [0.15, 0.2) is 5.82 Å². The molecule has 2 aromatic rings. The number of morpholine rings is 1. The molecule has 1 aliphatic heterocycles. The predicted octanol–water partition coefficient (Wildman–Crippen LogP) is 1.87. The van der Waals surface area contributed by atoms with Gasteiger partial charge in [0.2, 0.25) is 0 Å². The summed E-state index contributed by atoms with van der Waals surface area (Å²) in [6.45, 7) is 0.881. The lowest BCUT2D eigenvalue weighted by Crippen LogP contribution is -2.38. The Morgan fingerprint density at radius 1 is 1.41 bits per heavy atom. The third-order valence-corrected chi connectivity index (χ3v) is 4.28. The monoisotopic (exact) mass is 333 g/mol. The smallest absolute Gasteiger partial charge is 0.370 e. The third-order valence-electron chi connectivity index (χ3n) is 3.31. The number of thiophene rings is 1. The van der Waals surface area contributed by atoms with E-state index in [-0.39, 0.29) is 18.5 Å². The Balaban J connectivity index is 1.65. The zero-order valence-electron chi connectivity index (χ0n) is 11.5. The maximum atomic E-state index is 12.5. The Morgan fingerprint density at radius 3 is 3.00 bits per heavy atom. The molecule has 1 aliphatic rings. The van der Waals surface area contributed by atoms with Gasteiger partial charge in [0.25, 0.3) is 0 Å². The number of halogens is 3. The highest BCUT2D eigenvalue weighted by Crippen LogP contribution is 2.26. The zero-order valence-corrected chi connectivity index (χ0v) is 12.3. The molecule has 0 bridgehead atoms. The molecule has 0 aliphatic carbocycles. The molecule has 22 heavy (non-hydrogen) atoms. The average molecular weight is 333 g/mol. The van der Waals surface area contributed by atoms with Crippen molar-refractivity contribution >= 4 is 11.3 Å². The van der Waals surface area contributed by atoms with Crippen molar-refractivity contribution in [3.05, 3.63) is 28.2 Å². The largest absolute Gasteiger partial charge is 0.408 e. The highest BCUT2D eigenvalue weighted by atomic mass is 32.1. The molecule has 0 spiro atoms. The number of hydrogen-bond donors (Lipinski definition) is 0. The summed E-state index contributed by atoms with van der Waals surface area (Å²) in [5, 5.41) is 12.4. The standard InChI is InChI=1S/C12H14F3N5OS/c13-12(14,15)8-20-11(16-17-18-20)7-19-3-4-21-9(6-19)10-2-1-5-22-10/h1-2,5,9H,3-4,6-8H2/t9-/m1/s1. The van der Waals surface area contributed by atoms with E-state index in [1.165, 1.54) is 0 Å². The predicted molar refractivity (Wildman–Crippen MR) is 72.2 cm³/mol. The minimum atomic E-state index is -4.34. The van der Waals surface area contributed by atoms with E-state index in [2.05, 4.69) is 15.5 Å². The van der Waals surface area contributed by atoms with Crippen LogP contribution in [-0.2, 0) is 17.8 Å². The Labute approximate surface area is 128 Å². The van der Waals surface area contributed by atoms with Crippen molar-refractivity contribution in [1.82, 2.24) is 25.1 Å². The third kappa shape index (κ3) is 3.81. The van der Waals surface area contributed by atoms with Crippen LogP contribution >= 0.6 is 11.3 Å². The first kappa shape index (κ1) is 15.4. The van der Waals surface area contributed by atoms with Crippen LogP contribution in [-0.4, -0.2) is 51.0 Å². The second-order valence-electron chi connectivity index (χ2n) is 4.98. The van der Waals surface area contributed by atoms with E-state index in [1.807, 2.05) is 22.4 Å². The van der Waals surface area contributed by atoms with Crippen LogP contribution in [0.2, 0.25) is 0 Å². The van der Waals surface area contributed by atoms with Gasteiger partial charge < -0.3 is 4.74 Å². The lowest BCUT2D eigenvalue weighted by molar-refractivity contribution is -0.143. The molecule has 10 heteroatoms. The minimum Gasteiger partial charge on any atom is -0.370 e. The Bertz CT molecular complexity index is 600. The van der Waals surface area contributed by atoms with E-state index in [0.717, 1.165) is 9.56 Å². The molecule has 0 amide bonds. The van der Waals surface area contributed by atoms with E-state index in [1.54, 1.807) is 11.3 Å². The number of ether oxygens (including phenoxy) is 1. The first-order valence-corrected chi connectivity index (χ1v) is 7.58. The molecule has 3 heterocycles. The molecule has 1 saturated heterocycles.